The van der Waals surface area contributed by atoms with Crippen molar-refractivity contribution in [3.05, 3.63) is 42.0 Å². The van der Waals surface area contributed by atoms with E-state index in [1.54, 1.807) is 30.6 Å². The molecule has 2 atom stereocenters. The van der Waals surface area contributed by atoms with Gasteiger partial charge in [0.1, 0.15) is 6.10 Å². The molecule has 2 unspecified atom stereocenters. The molecule has 140 valence electrons. The number of carbonyl (C=O) groups is 1. The normalized spacial score (nSPS) is 20.8. The van der Waals surface area contributed by atoms with Gasteiger partial charge in [0.25, 0.3) is 5.91 Å². The zero-order valence-electron chi connectivity index (χ0n) is 14.3. The van der Waals surface area contributed by atoms with Crippen LogP contribution in [0.3, 0.4) is 0 Å². The fraction of sp³-hybridized carbons (Fsp3) is 0.412. The van der Waals surface area contributed by atoms with Gasteiger partial charge >= 0.3 is 6.18 Å². The maximum atomic E-state index is 12.7. The number of alkyl halides is 3. The van der Waals surface area contributed by atoms with Crippen LogP contribution in [0.25, 0.3) is 5.69 Å². The van der Waals surface area contributed by atoms with Gasteiger partial charge in [-0.2, -0.15) is 13.2 Å². The highest BCUT2D eigenvalue weighted by Crippen LogP contribution is 2.25. The van der Waals surface area contributed by atoms with E-state index in [1.165, 1.54) is 0 Å². The summed E-state index contributed by atoms with van der Waals surface area (Å²) in [7, 11) is 0. The molecule has 1 aromatic carbocycles. The molecule has 1 amide bonds. The van der Waals surface area contributed by atoms with Gasteiger partial charge in [-0.1, -0.05) is 0 Å². The van der Waals surface area contributed by atoms with E-state index in [2.05, 4.69) is 15.6 Å². The number of hydrogen-bond donors (Lipinski definition) is 2. The van der Waals surface area contributed by atoms with Crippen molar-refractivity contribution in [2.45, 2.75) is 32.2 Å². The largest absolute Gasteiger partial charge is 0.415 e. The van der Waals surface area contributed by atoms with Crippen molar-refractivity contribution in [2.75, 3.05) is 18.4 Å². The standard InChI is InChI=1S/C17H19F3N4O2/c1-10-11(2)24(9-22-10)13-5-3-12(4-6-13)23-16(25)14-7-21-8-15(26-14)17(18,19)20/h3-6,9,14-15,21H,7-8H2,1-2H3,(H,23,25). The number of aryl methyl sites for hydroxylation is 1. The van der Waals surface area contributed by atoms with E-state index in [1.807, 2.05) is 18.4 Å². The third kappa shape index (κ3) is 3.88. The Morgan fingerprint density at radius 2 is 1.96 bits per heavy atom. The number of benzene rings is 1. The molecule has 2 N–H and O–H groups in total. The van der Waals surface area contributed by atoms with Gasteiger partial charge < -0.3 is 19.9 Å². The SMILES string of the molecule is Cc1ncn(-c2ccc(NC(=O)C3CNCC(C(F)(F)F)O3)cc2)c1C. The number of halogens is 3. The van der Waals surface area contributed by atoms with Crippen LogP contribution in [0, 0.1) is 13.8 Å². The van der Waals surface area contributed by atoms with E-state index in [0.717, 1.165) is 17.1 Å². The number of carbonyl (C=O) groups excluding carboxylic acids is 1. The molecule has 26 heavy (non-hydrogen) atoms. The molecule has 0 aliphatic carbocycles. The lowest BCUT2D eigenvalue weighted by atomic mass is 10.2. The number of imidazole rings is 1. The molecule has 2 heterocycles. The maximum Gasteiger partial charge on any atom is 0.415 e. The smallest absolute Gasteiger partial charge is 0.353 e. The first kappa shape index (κ1) is 18.4. The summed E-state index contributed by atoms with van der Waals surface area (Å²) in [4.78, 5) is 16.4. The number of rotatable bonds is 3. The second kappa shape index (κ2) is 7.08. The van der Waals surface area contributed by atoms with Crippen molar-refractivity contribution >= 4 is 11.6 Å². The Kier molecular flexibility index (Phi) is 5.01. The van der Waals surface area contributed by atoms with Gasteiger partial charge in [0.2, 0.25) is 0 Å². The first-order chi connectivity index (χ1) is 12.3. The molecule has 1 aliphatic heterocycles. The zero-order chi connectivity index (χ0) is 18.9. The number of nitrogens with zero attached hydrogens (tertiary/aromatic N) is 2. The monoisotopic (exact) mass is 368 g/mol. The van der Waals surface area contributed by atoms with Gasteiger partial charge in [-0.15, -0.1) is 0 Å². The average molecular weight is 368 g/mol. The number of aromatic nitrogens is 2. The van der Waals surface area contributed by atoms with Crippen LogP contribution in [0.2, 0.25) is 0 Å². The second-order valence-corrected chi connectivity index (χ2v) is 6.13. The van der Waals surface area contributed by atoms with Crippen molar-refractivity contribution in [1.82, 2.24) is 14.9 Å². The summed E-state index contributed by atoms with van der Waals surface area (Å²) in [6.07, 6.45) is -5.98. The molecule has 1 aliphatic rings. The molecule has 2 aromatic rings. The summed E-state index contributed by atoms with van der Waals surface area (Å²) in [6, 6.07) is 6.95. The molecule has 0 spiro atoms. The van der Waals surface area contributed by atoms with Gasteiger partial charge in [-0.25, -0.2) is 4.98 Å². The molecular weight excluding hydrogens is 349 g/mol. The van der Waals surface area contributed by atoms with E-state index in [0.29, 0.717) is 5.69 Å². The van der Waals surface area contributed by atoms with Crippen LogP contribution in [0.15, 0.2) is 30.6 Å². The highest BCUT2D eigenvalue weighted by molar-refractivity contribution is 5.94. The van der Waals surface area contributed by atoms with Crippen molar-refractivity contribution in [2.24, 2.45) is 0 Å². The Labute approximate surface area is 148 Å². The van der Waals surface area contributed by atoms with E-state index >= 15 is 0 Å². The first-order valence-electron chi connectivity index (χ1n) is 8.10. The van der Waals surface area contributed by atoms with Crippen LogP contribution in [0.4, 0.5) is 18.9 Å². The molecule has 1 fully saturated rings. The number of amides is 1. The fourth-order valence-electron chi connectivity index (χ4n) is 2.67. The Morgan fingerprint density at radius 1 is 1.27 bits per heavy atom. The summed E-state index contributed by atoms with van der Waals surface area (Å²) in [5, 5.41) is 5.17. The quantitative estimate of drug-likeness (QED) is 0.873. The van der Waals surface area contributed by atoms with Gasteiger partial charge in [-0.05, 0) is 38.1 Å². The number of anilines is 1. The number of hydrogen-bond acceptors (Lipinski definition) is 4. The summed E-state index contributed by atoms with van der Waals surface area (Å²) in [5.74, 6) is -0.617. The predicted molar refractivity (Wildman–Crippen MR) is 89.3 cm³/mol. The Balaban J connectivity index is 1.65. The molecule has 3 rings (SSSR count). The number of nitrogens with one attached hydrogen (secondary N) is 2. The highest BCUT2D eigenvalue weighted by atomic mass is 19.4. The van der Waals surface area contributed by atoms with Crippen molar-refractivity contribution < 1.29 is 22.7 Å². The molecule has 0 radical (unpaired) electrons. The minimum atomic E-state index is -4.51. The topological polar surface area (TPSA) is 68.2 Å². The average Bonchev–Trinajstić information content (AvgIpc) is 2.94. The molecule has 6 nitrogen and oxygen atoms in total. The lowest BCUT2D eigenvalue weighted by molar-refractivity contribution is -0.236. The summed E-state index contributed by atoms with van der Waals surface area (Å²) in [5.41, 5.74) is 3.27. The first-order valence-corrected chi connectivity index (χ1v) is 8.10. The molecule has 1 aromatic heterocycles. The third-order valence-corrected chi connectivity index (χ3v) is 4.31. The van der Waals surface area contributed by atoms with E-state index < -0.39 is 24.3 Å². The highest BCUT2D eigenvalue weighted by Gasteiger charge is 2.45. The minimum absolute atomic E-state index is 0.0318. The van der Waals surface area contributed by atoms with E-state index in [9.17, 15) is 18.0 Å². The lowest BCUT2D eigenvalue weighted by Gasteiger charge is -2.31. The second-order valence-electron chi connectivity index (χ2n) is 6.13. The van der Waals surface area contributed by atoms with E-state index in [4.69, 9.17) is 4.74 Å². The molecule has 0 bridgehead atoms. The van der Waals surface area contributed by atoms with Crippen molar-refractivity contribution in [3.8, 4) is 5.69 Å². The molecular formula is C17H19F3N4O2. The molecule has 9 heteroatoms. The molecule has 1 saturated heterocycles. The summed E-state index contributed by atoms with van der Waals surface area (Å²) >= 11 is 0. The number of morpholine rings is 1. The van der Waals surface area contributed by atoms with Crippen LogP contribution in [-0.4, -0.2) is 46.9 Å². The molecule has 0 saturated carbocycles. The van der Waals surface area contributed by atoms with Crippen LogP contribution in [-0.2, 0) is 9.53 Å². The Hall–Kier alpha value is -2.39. The Morgan fingerprint density at radius 3 is 2.54 bits per heavy atom. The van der Waals surface area contributed by atoms with Gasteiger partial charge in [0.05, 0.1) is 12.0 Å². The van der Waals surface area contributed by atoms with Gasteiger partial charge in [0.15, 0.2) is 6.10 Å². The van der Waals surface area contributed by atoms with Crippen molar-refractivity contribution in [3.63, 3.8) is 0 Å². The van der Waals surface area contributed by atoms with Crippen molar-refractivity contribution in [1.29, 1.82) is 0 Å². The van der Waals surface area contributed by atoms with Crippen LogP contribution in [0.1, 0.15) is 11.4 Å². The zero-order valence-corrected chi connectivity index (χ0v) is 14.3. The van der Waals surface area contributed by atoms with Crippen LogP contribution >= 0.6 is 0 Å². The number of ether oxygens (including phenoxy) is 1. The maximum absolute atomic E-state index is 12.7. The fourth-order valence-corrected chi connectivity index (χ4v) is 2.67. The van der Waals surface area contributed by atoms with Gasteiger partial charge in [0, 0.05) is 30.2 Å². The summed E-state index contributed by atoms with van der Waals surface area (Å²) < 4.78 is 45.0. The minimum Gasteiger partial charge on any atom is -0.353 e. The summed E-state index contributed by atoms with van der Waals surface area (Å²) in [6.45, 7) is 3.53. The Bertz CT molecular complexity index is 786. The predicted octanol–water partition coefficient (Wildman–Crippen LogP) is 2.35. The van der Waals surface area contributed by atoms with Crippen LogP contribution in [0.5, 0.6) is 0 Å². The van der Waals surface area contributed by atoms with E-state index in [-0.39, 0.29) is 13.1 Å². The lowest BCUT2D eigenvalue weighted by Crippen LogP contribution is -2.54. The van der Waals surface area contributed by atoms with Gasteiger partial charge in [-0.3, -0.25) is 4.79 Å². The van der Waals surface area contributed by atoms with Crippen LogP contribution < -0.4 is 10.6 Å². The third-order valence-electron chi connectivity index (χ3n) is 4.31.